The molecule has 6 heteroatoms. The predicted molar refractivity (Wildman–Crippen MR) is 50.7 cm³/mol. The van der Waals surface area contributed by atoms with Gasteiger partial charge in [-0.25, -0.2) is 14.2 Å². The number of nitrogens with one attached hydrogen (secondary N) is 1. The monoisotopic (exact) mass is 258 g/mol. The Morgan fingerprint density at radius 3 is 3.00 bits per heavy atom. The zero-order valence-electron chi connectivity index (χ0n) is 6.71. The molecule has 0 fully saturated rings. The molecule has 4 nitrogen and oxygen atoms in total. The van der Waals surface area contributed by atoms with Gasteiger partial charge in [0.25, 0.3) is 0 Å². The molecule has 0 radical (unpaired) electrons. The Morgan fingerprint density at radius 2 is 2.36 bits per heavy atom. The second kappa shape index (κ2) is 3.06. The van der Waals surface area contributed by atoms with Crippen molar-refractivity contribution < 1.29 is 14.3 Å². The predicted octanol–water partition coefficient (Wildman–Crippen LogP) is 2.16. The maximum absolute atomic E-state index is 13.1. The minimum atomic E-state index is -1.11. The highest BCUT2D eigenvalue weighted by atomic mass is 79.9. The zero-order valence-corrected chi connectivity index (χ0v) is 8.30. The lowest BCUT2D eigenvalue weighted by Gasteiger charge is -1.94. The molecule has 2 N–H and O–H groups in total. The first-order chi connectivity index (χ1) is 6.59. The number of hydrogen-bond donors (Lipinski definition) is 2. The fourth-order valence-corrected chi connectivity index (χ4v) is 1.47. The highest BCUT2D eigenvalue weighted by Crippen LogP contribution is 2.21. The Hall–Kier alpha value is -1.43. The van der Waals surface area contributed by atoms with E-state index in [1.165, 1.54) is 6.20 Å². The van der Waals surface area contributed by atoms with E-state index in [-0.39, 0.29) is 15.6 Å². The van der Waals surface area contributed by atoms with Crippen LogP contribution in [-0.4, -0.2) is 21.0 Å². The smallest absolute Gasteiger partial charge is 0.337 e. The van der Waals surface area contributed by atoms with Crippen molar-refractivity contribution in [1.29, 1.82) is 0 Å². The molecule has 72 valence electrons. The molecule has 0 saturated carbocycles. The molecule has 14 heavy (non-hydrogen) atoms. The number of H-pyrrole nitrogens is 1. The maximum atomic E-state index is 13.1. The number of fused-ring (bicyclic) bond motifs is 1. The van der Waals surface area contributed by atoms with Gasteiger partial charge in [-0.1, -0.05) is 0 Å². The van der Waals surface area contributed by atoms with Crippen LogP contribution in [0.3, 0.4) is 0 Å². The molecule has 0 saturated heterocycles. The highest BCUT2D eigenvalue weighted by Gasteiger charge is 2.13. The SMILES string of the molecule is O=C(O)c1c[nH]c2nc(Br)c(F)cc12. The lowest BCUT2D eigenvalue weighted by Crippen LogP contribution is -1.94. The molecular formula is C8H4BrFN2O2. The van der Waals surface area contributed by atoms with Gasteiger partial charge >= 0.3 is 5.97 Å². The Labute approximate surface area is 85.9 Å². The Balaban J connectivity index is 2.80. The molecule has 2 rings (SSSR count). The van der Waals surface area contributed by atoms with Crippen LogP contribution in [0.25, 0.3) is 11.0 Å². The van der Waals surface area contributed by atoms with E-state index in [2.05, 4.69) is 25.9 Å². The van der Waals surface area contributed by atoms with Gasteiger partial charge < -0.3 is 10.1 Å². The lowest BCUT2D eigenvalue weighted by atomic mass is 10.2. The van der Waals surface area contributed by atoms with Gasteiger partial charge in [-0.2, -0.15) is 0 Å². The second-order valence-corrected chi connectivity index (χ2v) is 3.42. The normalized spacial score (nSPS) is 10.7. The number of carboxylic acids is 1. The van der Waals surface area contributed by atoms with Crippen LogP contribution in [0.1, 0.15) is 10.4 Å². The van der Waals surface area contributed by atoms with Crippen molar-refractivity contribution in [3.05, 3.63) is 28.2 Å². The van der Waals surface area contributed by atoms with Gasteiger partial charge in [0.2, 0.25) is 0 Å². The summed E-state index contributed by atoms with van der Waals surface area (Å²) in [6.45, 7) is 0. The van der Waals surface area contributed by atoms with Crippen LogP contribution in [0, 0.1) is 5.82 Å². The number of nitrogens with zero attached hydrogens (tertiary/aromatic N) is 1. The Morgan fingerprint density at radius 1 is 1.64 bits per heavy atom. The minimum absolute atomic E-state index is 0.0129. The van der Waals surface area contributed by atoms with Crippen LogP contribution in [0.2, 0.25) is 0 Å². The fraction of sp³-hybridized carbons (Fsp3) is 0. The van der Waals surface area contributed by atoms with E-state index in [1.54, 1.807) is 0 Å². The molecule has 0 spiro atoms. The third-order valence-electron chi connectivity index (χ3n) is 1.81. The van der Waals surface area contributed by atoms with E-state index in [9.17, 15) is 9.18 Å². The molecule has 2 heterocycles. The lowest BCUT2D eigenvalue weighted by molar-refractivity contribution is 0.0699. The van der Waals surface area contributed by atoms with Gasteiger partial charge in [-0.3, -0.25) is 0 Å². The number of carbonyl (C=O) groups is 1. The maximum Gasteiger partial charge on any atom is 0.337 e. The third kappa shape index (κ3) is 1.27. The number of halogens is 2. The fourth-order valence-electron chi connectivity index (χ4n) is 1.18. The largest absolute Gasteiger partial charge is 0.478 e. The first-order valence-corrected chi connectivity index (χ1v) is 4.45. The molecule has 0 amide bonds. The summed E-state index contributed by atoms with van der Waals surface area (Å²) >= 11 is 2.91. The van der Waals surface area contributed by atoms with Crippen LogP contribution in [0.4, 0.5) is 4.39 Å². The molecule has 0 aliphatic carbocycles. The van der Waals surface area contributed by atoms with Crippen LogP contribution in [0.15, 0.2) is 16.9 Å². The molecule has 0 aromatic carbocycles. The summed E-state index contributed by atoms with van der Waals surface area (Å²) in [4.78, 5) is 17.1. The molecule has 0 bridgehead atoms. The minimum Gasteiger partial charge on any atom is -0.478 e. The molecule has 2 aromatic heterocycles. The quantitative estimate of drug-likeness (QED) is 0.771. The third-order valence-corrected chi connectivity index (χ3v) is 2.36. The van der Waals surface area contributed by atoms with Crippen LogP contribution >= 0.6 is 15.9 Å². The molecule has 2 aromatic rings. The van der Waals surface area contributed by atoms with Gasteiger partial charge in [0.15, 0.2) is 5.82 Å². The number of carboxylic acid groups (broad SMARTS) is 1. The number of aromatic carboxylic acids is 1. The van der Waals surface area contributed by atoms with Crippen LogP contribution in [0.5, 0.6) is 0 Å². The van der Waals surface area contributed by atoms with Crippen LogP contribution in [-0.2, 0) is 0 Å². The van der Waals surface area contributed by atoms with Crippen LogP contribution < -0.4 is 0 Å². The van der Waals surface area contributed by atoms with Crippen molar-refractivity contribution in [2.24, 2.45) is 0 Å². The van der Waals surface area contributed by atoms with E-state index < -0.39 is 11.8 Å². The summed E-state index contributed by atoms with van der Waals surface area (Å²) in [7, 11) is 0. The summed E-state index contributed by atoms with van der Waals surface area (Å²) in [6, 6.07) is 1.13. The van der Waals surface area contributed by atoms with Gasteiger partial charge in [-0.05, 0) is 22.0 Å². The average Bonchev–Trinajstić information content (AvgIpc) is 2.48. The molecular weight excluding hydrogens is 255 g/mol. The molecule has 0 aliphatic rings. The highest BCUT2D eigenvalue weighted by molar-refractivity contribution is 9.10. The molecule has 0 aliphatic heterocycles. The van der Waals surface area contributed by atoms with E-state index in [0.29, 0.717) is 5.65 Å². The number of hydrogen-bond acceptors (Lipinski definition) is 2. The molecule has 0 unspecified atom stereocenters. The van der Waals surface area contributed by atoms with E-state index in [4.69, 9.17) is 5.11 Å². The van der Waals surface area contributed by atoms with Gasteiger partial charge in [0.05, 0.1) is 5.56 Å². The van der Waals surface area contributed by atoms with Gasteiger partial charge in [0, 0.05) is 11.6 Å². The topological polar surface area (TPSA) is 66.0 Å². The Kier molecular flexibility index (Phi) is 1.99. The van der Waals surface area contributed by atoms with Crippen molar-refractivity contribution >= 4 is 32.9 Å². The summed E-state index contributed by atoms with van der Waals surface area (Å²) < 4.78 is 13.1. The van der Waals surface area contributed by atoms with E-state index in [1.807, 2.05) is 0 Å². The second-order valence-electron chi connectivity index (χ2n) is 2.66. The molecule has 0 atom stereocenters. The van der Waals surface area contributed by atoms with Crippen molar-refractivity contribution in [1.82, 2.24) is 9.97 Å². The van der Waals surface area contributed by atoms with E-state index >= 15 is 0 Å². The van der Waals surface area contributed by atoms with Crippen molar-refractivity contribution in [2.75, 3.05) is 0 Å². The summed E-state index contributed by atoms with van der Waals surface area (Å²) in [6.07, 6.45) is 1.28. The first kappa shape index (κ1) is 9.14. The summed E-state index contributed by atoms with van der Waals surface area (Å²) in [5.41, 5.74) is 0.356. The zero-order chi connectivity index (χ0) is 10.3. The Bertz CT molecular complexity index is 523. The van der Waals surface area contributed by atoms with Crippen molar-refractivity contribution in [3.8, 4) is 0 Å². The standard InChI is InChI=1S/C8H4BrFN2O2/c9-6-5(10)1-3-4(8(13)14)2-11-7(3)12-6/h1-2H,(H,11,12)(H,13,14). The van der Waals surface area contributed by atoms with Gasteiger partial charge in [-0.15, -0.1) is 0 Å². The van der Waals surface area contributed by atoms with Gasteiger partial charge in [0.1, 0.15) is 10.3 Å². The number of aromatic nitrogens is 2. The summed E-state index contributed by atoms with van der Waals surface area (Å²) in [5, 5.41) is 9.01. The van der Waals surface area contributed by atoms with Crippen molar-refractivity contribution in [3.63, 3.8) is 0 Å². The summed E-state index contributed by atoms with van der Waals surface area (Å²) in [5.74, 6) is -1.70. The number of rotatable bonds is 1. The number of pyridine rings is 1. The first-order valence-electron chi connectivity index (χ1n) is 3.66. The van der Waals surface area contributed by atoms with E-state index in [0.717, 1.165) is 6.07 Å². The van der Waals surface area contributed by atoms with Crippen molar-refractivity contribution in [2.45, 2.75) is 0 Å². The average molecular weight is 259 g/mol. The number of aromatic amines is 1.